The maximum Gasteiger partial charge on any atom is 0.336 e. The normalized spacial score (nSPS) is 11.1. The molecule has 1 N–H and O–H groups in total. The predicted octanol–water partition coefficient (Wildman–Crippen LogP) is 3.11. The number of thiophene rings is 1. The number of aromatic nitrogens is 3. The van der Waals surface area contributed by atoms with E-state index in [-0.39, 0.29) is 5.56 Å². The van der Waals surface area contributed by atoms with Crippen molar-refractivity contribution in [1.29, 1.82) is 0 Å². The van der Waals surface area contributed by atoms with Gasteiger partial charge in [0.1, 0.15) is 0 Å². The quantitative estimate of drug-likeness (QED) is 0.804. The summed E-state index contributed by atoms with van der Waals surface area (Å²) in [6.45, 7) is 4.64. The lowest BCUT2D eigenvalue weighted by Crippen LogP contribution is -2.05. The molecule has 6 heteroatoms. The van der Waals surface area contributed by atoms with E-state index in [0.717, 1.165) is 5.69 Å². The molecule has 3 aromatic rings. The molecule has 0 aromatic carbocycles. The zero-order valence-electron chi connectivity index (χ0n) is 11.8. The number of carboxylic acids is 1. The van der Waals surface area contributed by atoms with Gasteiger partial charge in [-0.3, -0.25) is 0 Å². The largest absolute Gasteiger partial charge is 0.478 e. The molecule has 3 heterocycles. The first-order chi connectivity index (χ1) is 10.1. The minimum absolute atomic E-state index is 0.269. The fraction of sp³-hybridized carbons (Fsp3) is 0.267. The Labute approximate surface area is 125 Å². The van der Waals surface area contributed by atoms with Gasteiger partial charge in [-0.2, -0.15) is 5.10 Å². The van der Waals surface area contributed by atoms with Crippen molar-refractivity contribution in [3.63, 3.8) is 0 Å². The second kappa shape index (κ2) is 5.29. The Balaban J connectivity index is 2.14. The molecule has 0 spiro atoms. The molecule has 0 saturated heterocycles. The minimum Gasteiger partial charge on any atom is -0.478 e. The van der Waals surface area contributed by atoms with Gasteiger partial charge in [-0.25, -0.2) is 14.5 Å². The molecule has 0 atom stereocenters. The topological polar surface area (TPSA) is 68.0 Å². The third-order valence-electron chi connectivity index (χ3n) is 3.52. The highest BCUT2D eigenvalue weighted by molar-refractivity contribution is 7.10. The predicted molar refractivity (Wildman–Crippen MR) is 82.0 cm³/mol. The number of hydrogen-bond acceptors (Lipinski definition) is 4. The zero-order valence-corrected chi connectivity index (χ0v) is 12.6. The minimum atomic E-state index is -0.941. The van der Waals surface area contributed by atoms with E-state index in [1.165, 1.54) is 10.4 Å². The number of hydrogen-bond donors (Lipinski definition) is 1. The van der Waals surface area contributed by atoms with Gasteiger partial charge in [0.2, 0.25) is 0 Å². The number of rotatable bonds is 4. The van der Waals surface area contributed by atoms with E-state index in [4.69, 9.17) is 0 Å². The average molecular weight is 301 g/mol. The van der Waals surface area contributed by atoms with Crippen LogP contribution in [0.3, 0.4) is 0 Å². The van der Waals surface area contributed by atoms with Crippen LogP contribution in [0.25, 0.3) is 11.0 Å². The monoisotopic (exact) mass is 301 g/mol. The Morgan fingerprint density at radius 1 is 1.48 bits per heavy atom. The number of aromatic carboxylic acids is 1. The van der Waals surface area contributed by atoms with Crippen molar-refractivity contribution >= 4 is 28.3 Å². The van der Waals surface area contributed by atoms with Gasteiger partial charge < -0.3 is 5.11 Å². The molecule has 0 unspecified atom stereocenters. The van der Waals surface area contributed by atoms with E-state index in [1.807, 2.05) is 12.3 Å². The van der Waals surface area contributed by atoms with Gasteiger partial charge in [0.05, 0.1) is 23.7 Å². The van der Waals surface area contributed by atoms with Crippen molar-refractivity contribution < 1.29 is 9.90 Å². The van der Waals surface area contributed by atoms with Crippen molar-refractivity contribution in [2.75, 3.05) is 0 Å². The molecule has 3 aromatic heterocycles. The van der Waals surface area contributed by atoms with Crippen molar-refractivity contribution in [1.82, 2.24) is 14.8 Å². The summed E-state index contributed by atoms with van der Waals surface area (Å²) in [6, 6.07) is 3.70. The van der Waals surface area contributed by atoms with Gasteiger partial charge in [0.15, 0.2) is 5.65 Å². The van der Waals surface area contributed by atoms with Crippen LogP contribution in [-0.2, 0) is 13.0 Å². The number of carboxylic acid groups (broad SMARTS) is 1. The summed E-state index contributed by atoms with van der Waals surface area (Å²) in [5.41, 5.74) is 2.89. The first-order valence-electron chi connectivity index (χ1n) is 6.72. The molecule has 0 amide bonds. The lowest BCUT2D eigenvalue weighted by molar-refractivity contribution is 0.0699. The van der Waals surface area contributed by atoms with Crippen LogP contribution in [0.4, 0.5) is 0 Å². The van der Waals surface area contributed by atoms with Gasteiger partial charge in [-0.1, -0.05) is 6.92 Å². The first kappa shape index (κ1) is 13.8. The molecule has 0 aliphatic heterocycles. The average Bonchev–Trinajstić information content (AvgIpc) is 3.05. The molecule has 0 saturated carbocycles. The van der Waals surface area contributed by atoms with Crippen LogP contribution >= 0.6 is 11.3 Å². The SMILES string of the molecule is CCc1cc(C(=O)O)c2cnn(Cc3sccc3C)c2n1. The summed E-state index contributed by atoms with van der Waals surface area (Å²) in [5.74, 6) is -0.941. The molecular formula is C15H15N3O2S. The number of carbonyl (C=O) groups is 1. The van der Waals surface area contributed by atoms with Gasteiger partial charge in [-0.05, 0) is 36.4 Å². The second-order valence-electron chi connectivity index (χ2n) is 4.89. The molecule has 108 valence electrons. The third-order valence-corrected chi connectivity index (χ3v) is 4.52. The summed E-state index contributed by atoms with van der Waals surface area (Å²) in [6.07, 6.45) is 2.29. The van der Waals surface area contributed by atoms with Crippen molar-refractivity contribution in [2.24, 2.45) is 0 Å². The fourth-order valence-corrected chi connectivity index (χ4v) is 3.16. The van der Waals surface area contributed by atoms with Crippen LogP contribution in [0.5, 0.6) is 0 Å². The van der Waals surface area contributed by atoms with Crippen molar-refractivity contribution in [3.05, 3.63) is 45.4 Å². The van der Waals surface area contributed by atoms with Crippen LogP contribution in [0, 0.1) is 6.92 Å². The lowest BCUT2D eigenvalue weighted by atomic mass is 10.1. The summed E-state index contributed by atoms with van der Waals surface area (Å²) >= 11 is 1.67. The summed E-state index contributed by atoms with van der Waals surface area (Å²) in [7, 11) is 0. The first-order valence-corrected chi connectivity index (χ1v) is 7.59. The highest BCUT2D eigenvalue weighted by Gasteiger charge is 2.16. The second-order valence-corrected chi connectivity index (χ2v) is 5.89. The summed E-state index contributed by atoms with van der Waals surface area (Å²) < 4.78 is 1.78. The molecule has 0 fully saturated rings. The molecular weight excluding hydrogens is 286 g/mol. The van der Waals surface area contributed by atoms with E-state index >= 15 is 0 Å². The smallest absolute Gasteiger partial charge is 0.336 e. The molecule has 0 radical (unpaired) electrons. The number of nitrogens with zero attached hydrogens (tertiary/aromatic N) is 3. The standard InChI is InChI=1S/C15H15N3O2S/c1-3-10-6-11(15(19)20)12-7-16-18(14(12)17-10)8-13-9(2)4-5-21-13/h4-7H,3,8H2,1-2H3,(H,19,20). The Morgan fingerprint density at radius 3 is 2.90 bits per heavy atom. The van der Waals surface area contributed by atoms with E-state index in [2.05, 4.69) is 23.1 Å². The number of pyridine rings is 1. The van der Waals surface area contributed by atoms with Crippen LogP contribution in [-0.4, -0.2) is 25.8 Å². The van der Waals surface area contributed by atoms with E-state index in [0.29, 0.717) is 24.0 Å². The van der Waals surface area contributed by atoms with Gasteiger partial charge in [0, 0.05) is 10.6 Å². The van der Waals surface area contributed by atoms with Gasteiger partial charge in [0.25, 0.3) is 0 Å². The van der Waals surface area contributed by atoms with Gasteiger partial charge in [-0.15, -0.1) is 11.3 Å². The molecule has 3 rings (SSSR count). The van der Waals surface area contributed by atoms with E-state index in [1.54, 1.807) is 28.3 Å². The Morgan fingerprint density at radius 2 is 2.29 bits per heavy atom. The highest BCUT2D eigenvalue weighted by atomic mass is 32.1. The van der Waals surface area contributed by atoms with Crippen molar-refractivity contribution in [3.8, 4) is 0 Å². The number of fused-ring (bicyclic) bond motifs is 1. The fourth-order valence-electron chi connectivity index (χ4n) is 2.28. The van der Waals surface area contributed by atoms with Crippen LogP contribution in [0.1, 0.15) is 33.4 Å². The summed E-state index contributed by atoms with van der Waals surface area (Å²) in [4.78, 5) is 17.2. The maximum absolute atomic E-state index is 11.4. The third kappa shape index (κ3) is 2.42. The molecule has 0 aliphatic rings. The lowest BCUT2D eigenvalue weighted by Gasteiger charge is -2.05. The Kier molecular flexibility index (Phi) is 3.47. The van der Waals surface area contributed by atoms with E-state index in [9.17, 15) is 9.90 Å². The summed E-state index contributed by atoms with van der Waals surface area (Å²) in [5, 5.41) is 16.3. The zero-order chi connectivity index (χ0) is 15.0. The van der Waals surface area contributed by atoms with Crippen LogP contribution < -0.4 is 0 Å². The maximum atomic E-state index is 11.4. The Hall–Kier alpha value is -2.21. The molecule has 5 nitrogen and oxygen atoms in total. The van der Waals surface area contributed by atoms with E-state index < -0.39 is 5.97 Å². The van der Waals surface area contributed by atoms with Crippen molar-refractivity contribution in [2.45, 2.75) is 26.8 Å². The number of aryl methyl sites for hydroxylation is 2. The van der Waals surface area contributed by atoms with Crippen LogP contribution in [0.15, 0.2) is 23.7 Å². The molecule has 0 bridgehead atoms. The van der Waals surface area contributed by atoms with Gasteiger partial charge >= 0.3 is 5.97 Å². The highest BCUT2D eigenvalue weighted by Crippen LogP contribution is 2.22. The van der Waals surface area contributed by atoms with Crippen LogP contribution in [0.2, 0.25) is 0 Å². The molecule has 0 aliphatic carbocycles. The Bertz CT molecular complexity index is 820. The molecule has 21 heavy (non-hydrogen) atoms.